The second kappa shape index (κ2) is 14.1. The highest BCUT2D eigenvalue weighted by Crippen LogP contribution is 2.38. The van der Waals surface area contributed by atoms with E-state index in [1.807, 2.05) is 0 Å². The number of carbonyl (C=O) groups excluding carboxylic acids is 2. The van der Waals surface area contributed by atoms with Gasteiger partial charge in [-0.1, -0.05) is 6.92 Å². The summed E-state index contributed by atoms with van der Waals surface area (Å²) in [7, 11) is 0. The van der Waals surface area contributed by atoms with Gasteiger partial charge in [-0.3, -0.25) is 18.7 Å². The molecule has 0 aliphatic carbocycles. The van der Waals surface area contributed by atoms with Gasteiger partial charge in [-0.05, 0) is 31.5 Å². The normalized spacial score (nSPS) is 11.6. The summed E-state index contributed by atoms with van der Waals surface area (Å²) in [6.07, 6.45) is 1.33. The molecule has 0 saturated heterocycles. The number of imidazole rings is 1. The summed E-state index contributed by atoms with van der Waals surface area (Å²) in [5.41, 5.74) is 5.15. The zero-order chi connectivity index (χ0) is 31.0. The number of nitrogens with one attached hydrogen (secondary N) is 2. The van der Waals surface area contributed by atoms with E-state index < -0.39 is 24.5 Å². The molecule has 0 fully saturated rings. The van der Waals surface area contributed by atoms with Gasteiger partial charge < -0.3 is 25.8 Å². The topological polar surface area (TPSA) is 151 Å². The van der Waals surface area contributed by atoms with Crippen molar-refractivity contribution in [3.8, 4) is 17.0 Å². The third-order valence-electron chi connectivity index (χ3n) is 6.35. The quantitative estimate of drug-likeness (QED) is 0.105. The molecule has 4 aromatic rings. The van der Waals surface area contributed by atoms with Crippen molar-refractivity contribution in [2.45, 2.75) is 32.5 Å². The predicted octanol–water partition coefficient (Wildman–Crippen LogP) is 3.52. The largest absolute Gasteiger partial charge is 0.435 e. The first-order valence-electron chi connectivity index (χ1n) is 13.4. The van der Waals surface area contributed by atoms with E-state index in [-0.39, 0.29) is 59.3 Å². The highest BCUT2D eigenvalue weighted by molar-refractivity contribution is 5.97. The van der Waals surface area contributed by atoms with Crippen LogP contribution in [0.3, 0.4) is 0 Å². The number of nitrogens with two attached hydrogens (primary N) is 1. The van der Waals surface area contributed by atoms with Crippen molar-refractivity contribution in [3.05, 3.63) is 53.7 Å². The Morgan fingerprint density at radius 3 is 2.72 bits per heavy atom. The summed E-state index contributed by atoms with van der Waals surface area (Å²) in [5, 5.41) is 9.30. The Kier molecular flexibility index (Phi) is 10.3. The van der Waals surface area contributed by atoms with Crippen molar-refractivity contribution in [3.63, 3.8) is 0 Å². The van der Waals surface area contributed by atoms with Crippen molar-refractivity contribution in [1.82, 2.24) is 29.5 Å². The van der Waals surface area contributed by atoms with Crippen LogP contribution >= 0.6 is 0 Å². The predicted molar refractivity (Wildman–Crippen MR) is 148 cm³/mol. The number of carbonyl (C=O) groups is 2. The molecule has 0 aliphatic heterocycles. The van der Waals surface area contributed by atoms with Gasteiger partial charge in [0, 0.05) is 42.9 Å². The van der Waals surface area contributed by atoms with Crippen LogP contribution in [0.25, 0.3) is 16.9 Å². The third-order valence-corrected chi connectivity index (χ3v) is 6.35. The zero-order valence-corrected chi connectivity index (χ0v) is 23.2. The average molecular weight is 607 g/mol. The Morgan fingerprint density at radius 2 is 2.02 bits per heavy atom. The van der Waals surface area contributed by atoms with Crippen LogP contribution in [0, 0.1) is 0 Å². The molecule has 4 N–H and O–H groups in total. The van der Waals surface area contributed by atoms with Crippen LogP contribution < -0.4 is 21.1 Å². The van der Waals surface area contributed by atoms with Crippen LogP contribution in [-0.4, -0.2) is 69.5 Å². The monoisotopic (exact) mass is 606 g/mol. The lowest BCUT2D eigenvalue weighted by Gasteiger charge is -2.17. The number of rotatable bonds is 15. The number of hydrogen-bond donors (Lipinski definition) is 3. The van der Waals surface area contributed by atoms with E-state index in [9.17, 15) is 27.2 Å². The van der Waals surface area contributed by atoms with E-state index in [1.54, 1.807) is 13.0 Å². The molecule has 0 radical (unpaired) electrons. The number of benzene rings is 1. The Morgan fingerprint density at radius 1 is 1.21 bits per heavy atom. The first kappa shape index (κ1) is 31.4. The van der Waals surface area contributed by atoms with E-state index in [4.69, 9.17) is 15.2 Å². The number of hydrogen-bond acceptors (Lipinski definition) is 9. The summed E-state index contributed by atoms with van der Waals surface area (Å²) in [6.45, 7) is 2.32. The number of aromatic nitrogens is 5. The van der Waals surface area contributed by atoms with E-state index in [0.29, 0.717) is 38.2 Å². The van der Waals surface area contributed by atoms with Gasteiger partial charge in [-0.2, -0.15) is 18.3 Å². The summed E-state index contributed by atoms with van der Waals surface area (Å²) >= 11 is 0. The van der Waals surface area contributed by atoms with E-state index in [2.05, 4.69) is 25.7 Å². The fraction of sp³-hybridized carbons (Fsp3) is 0.370. The number of nitrogens with zero attached hydrogens (tertiary/aromatic N) is 5. The van der Waals surface area contributed by atoms with Crippen LogP contribution in [0.4, 0.5) is 29.1 Å². The fourth-order valence-electron chi connectivity index (χ4n) is 4.45. The number of alkyl halides is 4. The smallest absolute Gasteiger partial charge is 0.426 e. The van der Waals surface area contributed by atoms with Gasteiger partial charge in [0.1, 0.15) is 6.67 Å². The molecule has 1 amide bonds. The Hall–Kier alpha value is -4.57. The molecule has 0 saturated carbocycles. The lowest BCUT2D eigenvalue weighted by atomic mass is 10.0. The Balaban J connectivity index is 1.66. The molecular weight excluding hydrogens is 576 g/mol. The number of ether oxygens (including phenoxy) is 2. The highest BCUT2D eigenvalue weighted by atomic mass is 19.4. The molecule has 1 aromatic carbocycles. The van der Waals surface area contributed by atoms with Crippen molar-refractivity contribution >= 4 is 29.5 Å². The first-order valence-corrected chi connectivity index (χ1v) is 13.4. The number of halogens is 4. The maximum atomic E-state index is 13.8. The molecule has 0 atom stereocenters. The summed E-state index contributed by atoms with van der Waals surface area (Å²) in [4.78, 5) is 32.9. The SMILES string of the molecule is CCc1c(C(=O)NCCOCCCN)ccc(Nc2nccn3c(-c4cn(CCF)nc4C(F)(F)F)cnc23)c1OC=O. The van der Waals surface area contributed by atoms with Crippen molar-refractivity contribution in [1.29, 1.82) is 0 Å². The molecule has 43 heavy (non-hydrogen) atoms. The molecule has 0 unspecified atom stereocenters. The molecule has 3 aromatic heterocycles. The van der Waals surface area contributed by atoms with Crippen molar-refractivity contribution in [2.24, 2.45) is 5.73 Å². The summed E-state index contributed by atoms with van der Waals surface area (Å²) in [5.74, 6) is -0.191. The lowest BCUT2D eigenvalue weighted by Crippen LogP contribution is -2.28. The maximum Gasteiger partial charge on any atom is 0.435 e. The third kappa shape index (κ3) is 7.09. The van der Waals surface area contributed by atoms with Gasteiger partial charge in [0.25, 0.3) is 12.4 Å². The Labute approximate surface area is 243 Å². The molecule has 0 bridgehead atoms. The summed E-state index contributed by atoms with van der Waals surface area (Å²) in [6, 6.07) is 3.07. The minimum Gasteiger partial charge on any atom is -0.426 e. The number of anilines is 2. The molecule has 0 aliphatic rings. The molecular formula is C27H30F4N8O4. The second-order valence-electron chi connectivity index (χ2n) is 9.13. The van der Waals surface area contributed by atoms with E-state index in [1.165, 1.54) is 29.1 Å². The molecule has 0 spiro atoms. The second-order valence-corrected chi connectivity index (χ2v) is 9.13. The molecule has 16 heteroatoms. The molecule has 12 nitrogen and oxygen atoms in total. The van der Waals surface area contributed by atoms with Crippen LogP contribution in [0.15, 0.2) is 36.9 Å². The van der Waals surface area contributed by atoms with Gasteiger partial charge in [-0.15, -0.1) is 0 Å². The van der Waals surface area contributed by atoms with E-state index in [0.717, 1.165) is 10.9 Å². The summed E-state index contributed by atoms with van der Waals surface area (Å²) < 4.78 is 67.1. The van der Waals surface area contributed by atoms with Crippen LogP contribution in [0.2, 0.25) is 0 Å². The number of aryl methyl sites for hydroxylation is 1. The van der Waals surface area contributed by atoms with Crippen LogP contribution in [-0.2, 0) is 28.7 Å². The van der Waals surface area contributed by atoms with Crippen molar-refractivity contribution in [2.75, 3.05) is 38.3 Å². The first-order chi connectivity index (χ1) is 20.7. The fourth-order valence-corrected chi connectivity index (χ4v) is 4.45. The van der Waals surface area contributed by atoms with Gasteiger partial charge in [0.15, 0.2) is 22.9 Å². The van der Waals surface area contributed by atoms with Gasteiger partial charge in [0.2, 0.25) is 0 Å². The van der Waals surface area contributed by atoms with Gasteiger partial charge >= 0.3 is 6.18 Å². The maximum absolute atomic E-state index is 13.8. The van der Waals surface area contributed by atoms with Crippen LogP contribution in [0.5, 0.6) is 5.75 Å². The van der Waals surface area contributed by atoms with Crippen LogP contribution in [0.1, 0.15) is 35.0 Å². The standard InChI is InChI=1S/C27H30F4N8O4/c1-2-17-18(26(41)34-9-13-42-12-3-7-32)4-5-20(22(17)43-16-40)36-24-25-35-14-21(39(25)11-8-33-24)19-15-38(10-6-28)37-23(19)27(29,30)31/h4-5,8,11,14-16H,2-3,6-7,9-10,12-13,32H2,1H3,(H,33,36)(H,34,41). The highest BCUT2D eigenvalue weighted by Gasteiger charge is 2.38. The lowest BCUT2D eigenvalue weighted by molar-refractivity contribution is -0.141. The minimum absolute atomic E-state index is 0.0514. The minimum atomic E-state index is -4.79. The molecule has 4 rings (SSSR count). The van der Waals surface area contributed by atoms with Gasteiger partial charge in [0.05, 0.1) is 36.3 Å². The molecule has 3 heterocycles. The zero-order valence-electron chi connectivity index (χ0n) is 23.2. The number of fused-ring (bicyclic) bond motifs is 1. The average Bonchev–Trinajstić information content (AvgIpc) is 3.61. The Bertz CT molecular complexity index is 1570. The van der Waals surface area contributed by atoms with E-state index >= 15 is 0 Å². The van der Waals surface area contributed by atoms with Gasteiger partial charge in [-0.25, -0.2) is 14.4 Å². The molecule has 230 valence electrons. The van der Waals surface area contributed by atoms with Crippen molar-refractivity contribution < 1.29 is 36.6 Å². The number of amides is 1.